The van der Waals surface area contributed by atoms with Gasteiger partial charge in [0.2, 0.25) is 5.91 Å². The molecular weight excluding hydrogens is 248 g/mol. The molecule has 1 spiro atoms. The summed E-state index contributed by atoms with van der Waals surface area (Å²) in [5.74, 6) is 0.405. The standard InChI is InChI=1S/C12H18N4O3/c17-9(6-13-5-8-1-2-8)16-4-3-12(7-16)10(18)14-11(19)15-12/h8,13H,1-7H2,(H2,14,15,18,19). The van der Waals surface area contributed by atoms with E-state index in [-0.39, 0.29) is 18.4 Å². The molecule has 104 valence electrons. The zero-order chi connectivity index (χ0) is 13.5. The van der Waals surface area contributed by atoms with Crippen LogP contribution in [0.2, 0.25) is 0 Å². The minimum Gasteiger partial charge on any atom is -0.339 e. The molecule has 1 unspecified atom stereocenters. The van der Waals surface area contributed by atoms with Crippen LogP contribution in [0.25, 0.3) is 0 Å². The van der Waals surface area contributed by atoms with E-state index in [1.807, 2.05) is 0 Å². The van der Waals surface area contributed by atoms with Crippen molar-refractivity contribution in [3.63, 3.8) is 0 Å². The second-order valence-electron chi connectivity index (χ2n) is 5.63. The first-order valence-corrected chi connectivity index (χ1v) is 6.71. The van der Waals surface area contributed by atoms with E-state index in [2.05, 4.69) is 16.0 Å². The molecule has 0 aromatic heterocycles. The first-order valence-electron chi connectivity index (χ1n) is 6.71. The van der Waals surface area contributed by atoms with Gasteiger partial charge in [0.1, 0.15) is 5.54 Å². The van der Waals surface area contributed by atoms with Crippen LogP contribution in [0.5, 0.6) is 0 Å². The van der Waals surface area contributed by atoms with Crippen molar-refractivity contribution in [2.24, 2.45) is 5.92 Å². The quantitative estimate of drug-likeness (QED) is 0.557. The van der Waals surface area contributed by atoms with Crippen LogP contribution in [0.4, 0.5) is 4.79 Å². The molecule has 0 aromatic rings. The molecule has 2 aliphatic heterocycles. The van der Waals surface area contributed by atoms with E-state index in [0.29, 0.717) is 19.5 Å². The fourth-order valence-electron chi connectivity index (χ4n) is 2.66. The Kier molecular flexibility index (Phi) is 2.93. The van der Waals surface area contributed by atoms with Gasteiger partial charge in [0.15, 0.2) is 0 Å². The first-order chi connectivity index (χ1) is 9.09. The summed E-state index contributed by atoms with van der Waals surface area (Å²) >= 11 is 0. The Morgan fingerprint density at radius 2 is 2.21 bits per heavy atom. The lowest BCUT2D eigenvalue weighted by atomic mass is 10.00. The maximum atomic E-state index is 12.0. The molecule has 0 radical (unpaired) electrons. The second-order valence-corrected chi connectivity index (χ2v) is 5.63. The average molecular weight is 266 g/mol. The van der Waals surface area contributed by atoms with Gasteiger partial charge in [0.05, 0.1) is 13.1 Å². The number of carbonyl (C=O) groups is 3. The van der Waals surface area contributed by atoms with Gasteiger partial charge >= 0.3 is 6.03 Å². The van der Waals surface area contributed by atoms with Gasteiger partial charge < -0.3 is 15.5 Å². The number of amides is 4. The van der Waals surface area contributed by atoms with Gasteiger partial charge in [-0.25, -0.2) is 4.79 Å². The number of urea groups is 1. The molecule has 4 amide bonds. The van der Waals surface area contributed by atoms with Crippen LogP contribution in [0, 0.1) is 5.92 Å². The van der Waals surface area contributed by atoms with Crippen LogP contribution in [0.1, 0.15) is 19.3 Å². The normalized spacial score (nSPS) is 29.8. The van der Waals surface area contributed by atoms with Crippen LogP contribution in [0.15, 0.2) is 0 Å². The van der Waals surface area contributed by atoms with Crippen molar-refractivity contribution in [1.82, 2.24) is 20.9 Å². The van der Waals surface area contributed by atoms with Crippen molar-refractivity contribution in [1.29, 1.82) is 0 Å². The summed E-state index contributed by atoms with van der Waals surface area (Å²) in [5, 5.41) is 8.01. The number of nitrogens with zero attached hydrogens (tertiary/aromatic N) is 1. The van der Waals surface area contributed by atoms with Crippen LogP contribution < -0.4 is 16.0 Å². The van der Waals surface area contributed by atoms with Crippen LogP contribution in [-0.2, 0) is 9.59 Å². The van der Waals surface area contributed by atoms with Crippen molar-refractivity contribution >= 4 is 17.8 Å². The van der Waals surface area contributed by atoms with Crippen molar-refractivity contribution in [2.75, 3.05) is 26.2 Å². The number of hydrogen-bond donors (Lipinski definition) is 3. The SMILES string of the molecule is O=C1NC(=O)C2(CCN(C(=O)CNCC3CC3)C2)N1. The summed E-state index contributed by atoms with van der Waals surface area (Å²) in [5.41, 5.74) is -0.900. The van der Waals surface area contributed by atoms with Crippen LogP contribution in [-0.4, -0.2) is 54.5 Å². The molecule has 19 heavy (non-hydrogen) atoms. The van der Waals surface area contributed by atoms with E-state index in [0.717, 1.165) is 12.5 Å². The van der Waals surface area contributed by atoms with Crippen molar-refractivity contribution in [3.05, 3.63) is 0 Å². The third-order valence-electron chi connectivity index (χ3n) is 4.04. The number of nitrogens with one attached hydrogen (secondary N) is 3. The zero-order valence-corrected chi connectivity index (χ0v) is 10.7. The van der Waals surface area contributed by atoms with Gasteiger partial charge in [0.25, 0.3) is 5.91 Å². The van der Waals surface area contributed by atoms with Crippen LogP contribution in [0.3, 0.4) is 0 Å². The molecule has 0 aromatic carbocycles. The Morgan fingerprint density at radius 3 is 2.84 bits per heavy atom. The maximum Gasteiger partial charge on any atom is 0.322 e. The van der Waals surface area contributed by atoms with E-state index in [4.69, 9.17) is 0 Å². The summed E-state index contributed by atoms with van der Waals surface area (Å²) in [6.45, 7) is 1.98. The van der Waals surface area contributed by atoms with Gasteiger partial charge in [-0.3, -0.25) is 14.9 Å². The molecule has 2 saturated heterocycles. The molecule has 3 rings (SSSR count). The average Bonchev–Trinajstić information content (AvgIpc) is 3.01. The highest BCUT2D eigenvalue weighted by Gasteiger charge is 2.51. The van der Waals surface area contributed by atoms with Crippen molar-refractivity contribution in [3.8, 4) is 0 Å². The minimum atomic E-state index is -0.900. The summed E-state index contributed by atoms with van der Waals surface area (Å²) in [6.07, 6.45) is 2.99. The summed E-state index contributed by atoms with van der Waals surface area (Å²) in [7, 11) is 0. The van der Waals surface area contributed by atoms with Gasteiger partial charge in [-0.2, -0.15) is 0 Å². The van der Waals surface area contributed by atoms with Gasteiger partial charge in [-0.15, -0.1) is 0 Å². The largest absolute Gasteiger partial charge is 0.339 e. The molecule has 3 fully saturated rings. The highest BCUT2D eigenvalue weighted by molar-refractivity contribution is 6.07. The monoisotopic (exact) mass is 266 g/mol. The summed E-state index contributed by atoms with van der Waals surface area (Å²) in [4.78, 5) is 36.6. The Balaban J connectivity index is 1.51. The van der Waals surface area contributed by atoms with E-state index >= 15 is 0 Å². The maximum absolute atomic E-state index is 12.0. The Morgan fingerprint density at radius 1 is 1.42 bits per heavy atom. The lowest BCUT2D eigenvalue weighted by molar-refractivity contribution is -0.130. The fraction of sp³-hybridized carbons (Fsp3) is 0.750. The highest BCUT2D eigenvalue weighted by Crippen LogP contribution is 2.27. The number of carbonyl (C=O) groups excluding carboxylic acids is 3. The Labute approximate surface area is 111 Å². The molecular formula is C12H18N4O3. The smallest absolute Gasteiger partial charge is 0.322 e. The number of likely N-dealkylation sites (tertiary alicyclic amines) is 1. The molecule has 7 heteroatoms. The first kappa shape index (κ1) is 12.4. The predicted octanol–water partition coefficient (Wildman–Crippen LogP) is -1.20. The van der Waals surface area contributed by atoms with E-state index in [9.17, 15) is 14.4 Å². The Bertz CT molecular complexity index is 435. The van der Waals surface area contributed by atoms with E-state index < -0.39 is 11.6 Å². The van der Waals surface area contributed by atoms with Crippen molar-refractivity contribution in [2.45, 2.75) is 24.8 Å². The molecule has 3 aliphatic rings. The third-order valence-corrected chi connectivity index (χ3v) is 4.04. The molecule has 7 nitrogen and oxygen atoms in total. The van der Waals surface area contributed by atoms with Crippen molar-refractivity contribution < 1.29 is 14.4 Å². The number of imide groups is 1. The minimum absolute atomic E-state index is 0.00789. The molecule has 1 saturated carbocycles. The zero-order valence-electron chi connectivity index (χ0n) is 10.7. The molecule has 1 aliphatic carbocycles. The van der Waals surface area contributed by atoms with Gasteiger partial charge in [-0.1, -0.05) is 0 Å². The number of hydrogen-bond acceptors (Lipinski definition) is 4. The predicted molar refractivity (Wildman–Crippen MR) is 66.2 cm³/mol. The Hall–Kier alpha value is -1.63. The molecule has 2 heterocycles. The second kappa shape index (κ2) is 4.48. The van der Waals surface area contributed by atoms with E-state index in [1.165, 1.54) is 12.8 Å². The van der Waals surface area contributed by atoms with E-state index in [1.54, 1.807) is 4.90 Å². The number of rotatable bonds is 4. The fourth-order valence-corrected chi connectivity index (χ4v) is 2.66. The van der Waals surface area contributed by atoms with Gasteiger partial charge in [0, 0.05) is 6.54 Å². The molecule has 1 atom stereocenters. The lowest BCUT2D eigenvalue weighted by Crippen LogP contribution is -2.50. The third kappa shape index (κ3) is 2.42. The summed E-state index contributed by atoms with van der Waals surface area (Å²) in [6, 6.07) is -0.467. The molecule has 3 N–H and O–H groups in total. The lowest BCUT2D eigenvalue weighted by Gasteiger charge is -2.21. The molecule has 0 bridgehead atoms. The van der Waals surface area contributed by atoms with Crippen LogP contribution >= 0.6 is 0 Å². The highest BCUT2D eigenvalue weighted by atomic mass is 16.2. The topological polar surface area (TPSA) is 90.5 Å². The summed E-state index contributed by atoms with van der Waals surface area (Å²) < 4.78 is 0. The van der Waals surface area contributed by atoms with Gasteiger partial charge in [-0.05, 0) is 31.7 Å².